The maximum Gasteiger partial charge on any atom is 0.166 e. The van der Waals surface area contributed by atoms with Crippen molar-refractivity contribution in [1.82, 2.24) is 4.90 Å². The fourth-order valence-electron chi connectivity index (χ4n) is 4.84. The molecule has 1 N–H and O–H groups in total. The second-order valence-corrected chi connectivity index (χ2v) is 7.76. The van der Waals surface area contributed by atoms with Crippen LogP contribution >= 0.6 is 0 Å². The Labute approximate surface area is 175 Å². The van der Waals surface area contributed by atoms with Crippen molar-refractivity contribution < 1.29 is 14.6 Å². The maximum absolute atomic E-state index is 10.2. The van der Waals surface area contributed by atoms with E-state index in [1.165, 1.54) is 16.7 Å². The molecule has 3 unspecified atom stereocenters. The van der Waals surface area contributed by atoms with Gasteiger partial charge in [-0.05, 0) is 37.5 Å². The van der Waals surface area contributed by atoms with Gasteiger partial charge in [0.25, 0.3) is 0 Å². The highest BCUT2D eigenvalue weighted by atomic mass is 16.5. The molecule has 4 nitrogen and oxygen atoms in total. The van der Waals surface area contributed by atoms with E-state index in [1.807, 2.05) is 26.0 Å². The van der Waals surface area contributed by atoms with Crippen LogP contribution in [0, 0.1) is 0 Å². The molecule has 0 saturated carbocycles. The van der Waals surface area contributed by atoms with Crippen LogP contribution in [0.1, 0.15) is 51.7 Å². The molecule has 1 spiro atoms. The lowest BCUT2D eigenvalue weighted by molar-refractivity contribution is 0.0815. The van der Waals surface area contributed by atoms with Crippen LogP contribution in [0.25, 0.3) is 0 Å². The lowest BCUT2D eigenvalue weighted by Crippen LogP contribution is -2.43. The maximum atomic E-state index is 10.2. The topological polar surface area (TPSA) is 41.9 Å². The Bertz CT molecular complexity index is 811. The highest BCUT2D eigenvalue weighted by molar-refractivity contribution is 5.61. The fourth-order valence-corrected chi connectivity index (χ4v) is 4.84. The van der Waals surface area contributed by atoms with Crippen LogP contribution in [-0.4, -0.2) is 42.4 Å². The van der Waals surface area contributed by atoms with Gasteiger partial charge >= 0.3 is 0 Å². The minimum absolute atomic E-state index is 0.0285. The van der Waals surface area contributed by atoms with E-state index in [0.29, 0.717) is 6.42 Å². The van der Waals surface area contributed by atoms with Crippen LogP contribution in [-0.2, 0) is 12.0 Å². The molecule has 4 rings (SSSR count). The van der Waals surface area contributed by atoms with Gasteiger partial charge in [-0.1, -0.05) is 50.3 Å². The summed E-state index contributed by atoms with van der Waals surface area (Å²) in [5.74, 6) is 1.67. The summed E-state index contributed by atoms with van der Waals surface area (Å²) in [7, 11) is 1.69. The van der Waals surface area contributed by atoms with Crippen LogP contribution in [0.4, 0.5) is 0 Å². The number of benzene rings is 1. The number of hydrogen-bond acceptors (Lipinski definition) is 4. The number of rotatable bonds is 4. The molecule has 158 valence electrons. The van der Waals surface area contributed by atoms with E-state index in [2.05, 4.69) is 49.1 Å². The second-order valence-electron chi connectivity index (χ2n) is 7.76. The average molecular weight is 398 g/mol. The summed E-state index contributed by atoms with van der Waals surface area (Å²) < 4.78 is 12.0. The van der Waals surface area contributed by atoms with Crippen molar-refractivity contribution in [3.8, 4) is 11.5 Å². The van der Waals surface area contributed by atoms with Gasteiger partial charge < -0.3 is 14.6 Å². The largest absolute Gasteiger partial charge is 0.493 e. The van der Waals surface area contributed by atoms with Crippen LogP contribution < -0.4 is 9.47 Å². The third kappa shape index (κ3) is 3.88. The number of hydrogen-bond donors (Lipinski definition) is 1. The van der Waals surface area contributed by atoms with E-state index < -0.39 is 6.10 Å². The van der Waals surface area contributed by atoms with Gasteiger partial charge in [-0.3, -0.25) is 4.90 Å². The number of methoxy groups -OCH3 is 1. The first-order chi connectivity index (χ1) is 14.1. The highest BCUT2D eigenvalue weighted by Crippen LogP contribution is 2.55. The van der Waals surface area contributed by atoms with Crippen molar-refractivity contribution in [3.63, 3.8) is 0 Å². The zero-order valence-electron chi connectivity index (χ0n) is 18.4. The van der Waals surface area contributed by atoms with Crippen molar-refractivity contribution in [2.75, 3.05) is 20.2 Å². The van der Waals surface area contributed by atoms with E-state index >= 15 is 0 Å². The molecule has 1 aromatic carbocycles. The fraction of sp³-hybridized carbons (Fsp3) is 0.520. The molecule has 2 aliphatic heterocycles. The Kier molecular flexibility index (Phi) is 6.86. The lowest BCUT2D eigenvalue weighted by Gasteiger charge is -2.36. The Hall–Kier alpha value is -2.04. The Balaban J connectivity index is 0.00000117. The van der Waals surface area contributed by atoms with Gasteiger partial charge in [-0.15, -0.1) is 0 Å². The van der Waals surface area contributed by atoms with E-state index in [0.717, 1.165) is 37.6 Å². The Morgan fingerprint density at radius 3 is 2.83 bits per heavy atom. The molecule has 0 radical (unpaired) electrons. The number of ether oxygens (including phenoxy) is 2. The van der Waals surface area contributed by atoms with Gasteiger partial charge in [0.15, 0.2) is 11.5 Å². The van der Waals surface area contributed by atoms with E-state index in [-0.39, 0.29) is 11.5 Å². The SMILES string of the molecule is C/C=C\C(=C/C)CN1CCC23C=CC(O)CC2Oc2c(OC)ccc(c23)C1.CC. The van der Waals surface area contributed by atoms with E-state index in [4.69, 9.17) is 9.47 Å². The van der Waals surface area contributed by atoms with Gasteiger partial charge in [-0.25, -0.2) is 0 Å². The summed E-state index contributed by atoms with van der Waals surface area (Å²) in [6, 6.07) is 4.21. The molecule has 0 saturated heterocycles. The summed E-state index contributed by atoms with van der Waals surface area (Å²) >= 11 is 0. The van der Waals surface area contributed by atoms with Gasteiger partial charge in [0, 0.05) is 31.6 Å². The number of nitrogens with zero attached hydrogens (tertiary/aromatic N) is 1. The normalized spacial score (nSPS) is 28.1. The van der Waals surface area contributed by atoms with Gasteiger partial charge in [0.05, 0.1) is 18.6 Å². The quantitative estimate of drug-likeness (QED) is 0.587. The standard InChI is InChI=1S/C23H29NO3.C2H6/c1-4-6-16(5-2)14-24-12-11-23-10-9-18(25)13-20(23)27-22-19(26-3)8-7-17(15-24)21(22)23;1-2/h4-10,18,20,25H,11-15H2,1-3H3;1-2H3/b6-4-,16-5+;. The number of allylic oxidation sites excluding steroid dienone is 2. The zero-order valence-corrected chi connectivity index (χ0v) is 18.4. The summed E-state index contributed by atoms with van der Waals surface area (Å²) in [6.45, 7) is 11.0. The Morgan fingerprint density at radius 2 is 2.14 bits per heavy atom. The van der Waals surface area contributed by atoms with Gasteiger partial charge in [-0.2, -0.15) is 0 Å². The van der Waals surface area contributed by atoms with Crippen molar-refractivity contribution in [2.45, 2.75) is 64.7 Å². The molecule has 3 aliphatic rings. The molecule has 0 aromatic heterocycles. The van der Waals surface area contributed by atoms with Gasteiger partial charge in [0.1, 0.15) is 6.10 Å². The molecule has 3 atom stereocenters. The molecule has 1 aromatic rings. The zero-order chi connectivity index (χ0) is 21.0. The first-order valence-corrected chi connectivity index (χ1v) is 10.9. The second kappa shape index (κ2) is 9.19. The van der Waals surface area contributed by atoms with Crippen molar-refractivity contribution in [1.29, 1.82) is 0 Å². The van der Waals surface area contributed by atoms with Crippen molar-refractivity contribution >= 4 is 0 Å². The molecule has 0 amide bonds. The van der Waals surface area contributed by atoms with Crippen molar-refractivity contribution in [3.05, 3.63) is 59.2 Å². The first kappa shape index (κ1) is 21.7. The van der Waals surface area contributed by atoms with Crippen LogP contribution in [0.2, 0.25) is 0 Å². The monoisotopic (exact) mass is 397 g/mol. The number of aliphatic hydroxyl groups is 1. The van der Waals surface area contributed by atoms with Crippen LogP contribution in [0.5, 0.6) is 11.5 Å². The molecular weight excluding hydrogens is 362 g/mol. The highest BCUT2D eigenvalue weighted by Gasteiger charge is 2.52. The first-order valence-electron chi connectivity index (χ1n) is 10.9. The van der Waals surface area contributed by atoms with Crippen LogP contribution in [0.15, 0.2) is 48.1 Å². The number of aliphatic hydroxyl groups excluding tert-OH is 1. The predicted octanol–water partition coefficient (Wildman–Crippen LogP) is 4.77. The third-order valence-electron chi connectivity index (χ3n) is 6.19. The molecule has 0 bridgehead atoms. The molecule has 29 heavy (non-hydrogen) atoms. The molecule has 1 aliphatic carbocycles. The minimum Gasteiger partial charge on any atom is -0.493 e. The van der Waals surface area contributed by atoms with E-state index in [1.54, 1.807) is 7.11 Å². The summed E-state index contributed by atoms with van der Waals surface area (Å²) in [5, 5.41) is 10.2. The minimum atomic E-state index is -0.437. The molecular formula is C25H35NO3. The predicted molar refractivity (Wildman–Crippen MR) is 119 cm³/mol. The van der Waals surface area contributed by atoms with Crippen LogP contribution in [0.3, 0.4) is 0 Å². The summed E-state index contributed by atoms with van der Waals surface area (Å²) in [6.07, 6.45) is 11.8. The average Bonchev–Trinajstić information content (AvgIpc) is 2.99. The summed E-state index contributed by atoms with van der Waals surface area (Å²) in [5.41, 5.74) is 3.75. The smallest absolute Gasteiger partial charge is 0.166 e. The van der Waals surface area contributed by atoms with E-state index in [9.17, 15) is 5.11 Å². The van der Waals surface area contributed by atoms with Crippen molar-refractivity contribution in [2.24, 2.45) is 0 Å². The lowest BCUT2D eigenvalue weighted by atomic mass is 9.69. The summed E-state index contributed by atoms with van der Waals surface area (Å²) in [4.78, 5) is 2.51. The molecule has 2 heterocycles. The molecule has 0 fully saturated rings. The van der Waals surface area contributed by atoms with Gasteiger partial charge in [0.2, 0.25) is 0 Å². The third-order valence-corrected chi connectivity index (χ3v) is 6.19. The Morgan fingerprint density at radius 1 is 1.34 bits per heavy atom. The molecule has 4 heteroatoms.